The molecule has 0 spiro atoms. The minimum absolute atomic E-state index is 0.122. The molecule has 0 aliphatic carbocycles. The molecule has 440 valence electrons. The molecule has 17 nitrogen and oxygen atoms in total. The SMILES string of the molecule is CCCCCCCCC(=O)OCC(COC(=O)CCCCCCCC)CC(=O)O[C@H]1CN(C(=O)OCCCN2CCC(O)CC2)C[C@H]1OC(=O)CC(COC(=O)CCCCCCCC)COC(=O)CCCCCCCC. The van der Waals surface area contributed by atoms with Crippen LogP contribution in [0, 0.1) is 11.8 Å². The van der Waals surface area contributed by atoms with Crippen molar-refractivity contribution < 1.29 is 71.8 Å². The molecular weight excluding hydrogens is 977 g/mol. The first-order valence-electron chi connectivity index (χ1n) is 30.2. The van der Waals surface area contributed by atoms with Gasteiger partial charge in [-0.1, -0.05) is 156 Å². The van der Waals surface area contributed by atoms with Gasteiger partial charge in [0.2, 0.25) is 0 Å². The van der Waals surface area contributed by atoms with E-state index >= 15 is 0 Å². The number of esters is 6. The van der Waals surface area contributed by atoms with Gasteiger partial charge in [-0.3, -0.25) is 28.8 Å². The number of carbonyl (C=O) groups excluding carboxylic acids is 7. The molecule has 76 heavy (non-hydrogen) atoms. The van der Waals surface area contributed by atoms with Gasteiger partial charge < -0.3 is 48.1 Å². The van der Waals surface area contributed by atoms with E-state index in [4.69, 9.17) is 33.2 Å². The zero-order chi connectivity index (χ0) is 55.4. The Morgan fingerprint density at radius 1 is 0.421 bits per heavy atom. The van der Waals surface area contributed by atoms with E-state index in [0.717, 1.165) is 142 Å². The standard InChI is InChI=1S/C59H104N2O15/c1-5-9-13-17-21-25-30-53(63)71-44-48(45-72-54(64)31-26-22-18-14-10-6-2)40-57(67)75-51-42-61(59(69)70-39-29-36-60-37-34-50(62)35-38-60)43-52(51)76-58(68)41-49(46-73-55(65)32-27-23-19-15-11-7-3)47-74-56(66)33-28-24-20-16-12-8-4/h48-52,62H,5-47H2,1-4H3/t51-,52+. The van der Waals surface area contributed by atoms with Crippen LogP contribution in [0.3, 0.4) is 0 Å². The molecule has 0 aromatic carbocycles. The summed E-state index contributed by atoms with van der Waals surface area (Å²) in [5.74, 6) is -4.54. The molecule has 1 amide bonds. The summed E-state index contributed by atoms with van der Waals surface area (Å²) in [6, 6.07) is 0. The number of hydrogen-bond donors (Lipinski definition) is 1. The van der Waals surface area contributed by atoms with Crippen LogP contribution in [0.2, 0.25) is 0 Å². The third-order valence-electron chi connectivity index (χ3n) is 14.2. The van der Waals surface area contributed by atoms with Crippen molar-refractivity contribution in [1.82, 2.24) is 9.80 Å². The highest BCUT2D eigenvalue weighted by atomic mass is 16.6. The Bertz CT molecular complexity index is 1420. The minimum atomic E-state index is -1.11. The number of nitrogens with zero attached hydrogens (tertiary/aromatic N) is 2. The highest BCUT2D eigenvalue weighted by Crippen LogP contribution is 2.23. The van der Waals surface area contributed by atoms with Crippen LogP contribution >= 0.6 is 0 Å². The van der Waals surface area contributed by atoms with Crippen molar-refractivity contribution in [1.29, 1.82) is 0 Å². The van der Waals surface area contributed by atoms with Crippen molar-refractivity contribution in [2.45, 2.75) is 258 Å². The second kappa shape index (κ2) is 44.9. The molecular formula is C59H104N2O15. The van der Waals surface area contributed by atoms with Crippen LogP contribution in [0.15, 0.2) is 0 Å². The normalized spacial score (nSPS) is 16.0. The molecule has 0 aromatic rings. The Morgan fingerprint density at radius 3 is 1.07 bits per heavy atom. The molecule has 2 aliphatic heterocycles. The number of amides is 1. The number of unbranched alkanes of at least 4 members (excludes halogenated alkanes) is 20. The van der Waals surface area contributed by atoms with Crippen LogP contribution in [-0.2, 0) is 61.9 Å². The minimum Gasteiger partial charge on any atom is -0.465 e. The average molecular weight is 1080 g/mol. The van der Waals surface area contributed by atoms with Crippen LogP contribution in [0.25, 0.3) is 0 Å². The van der Waals surface area contributed by atoms with Crippen LogP contribution in [0.1, 0.15) is 240 Å². The highest BCUT2D eigenvalue weighted by molar-refractivity contribution is 5.74. The summed E-state index contributed by atoms with van der Waals surface area (Å²) >= 11 is 0. The second-order valence-corrected chi connectivity index (χ2v) is 21.4. The molecule has 2 atom stereocenters. The predicted octanol–water partition coefficient (Wildman–Crippen LogP) is 11.3. The van der Waals surface area contributed by atoms with Crippen molar-refractivity contribution in [3.05, 3.63) is 0 Å². The van der Waals surface area contributed by atoms with Crippen LogP contribution in [0.4, 0.5) is 4.79 Å². The molecule has 2 aliphatic rings. The zero-order valence-electron chi connectivity index (χ0n) is 47.8. The Labute approximate surface area is 457 Å². The van der Waals surface area contributed by atoms with Gasteiger partial charge in [-0.15, -0.1) is 0 Å². The molecule has 0 radical (unpaired) electrons. The van der Waals surface area contributed by atoms with Gasteiger partial charge in [0.15, 0.2) is 12.2 Å². The first-order valence-corrected chi connectivity index (χ1v) is 30.2. The second-order valence-electron chi connectivity index (χ2n) is 21.4. The summed E-state index contributed by atoms with van der Waals surface area (Å²) in [5, 5.41) is 9.88. The van der Waals surface area contributed by atoms with E-state index in [-0.39, 0.29) is 90.8 Å². The number of likely N-dealkylation sites (tertiary alicyclic amines) is 2. The lowest BCUT2D eigenvalue weighted by molar-refractivity contribution is -0.167. The van der Waals surface area contributed by atoms with Crippen molar-refractivity contribution in [2.24, 2.45) is 11.8 Å². The smallest absolute Gasteiger partial charge is 0.410 e. The van der Waals surface area contributed by atoms with E-state index in [1.165, 1.54) is 4.90 Å². The molecule has 2 heterocycles. The van der Waals surface area contributed by atoms with Gasteiger partial charge in [-0.05, 0) is 44.9 Å². The highest BCUT2D eigenvalue weighted by Gasteiger charge is 2.42. The van der Waals surface area contributed by atoms with E-state index < -0.39 is 66.0 Å². The summed E-state index contributed by atoms with van der Waals surface area (Å²) in [6.07, 6.45) is 23.1. The van der Waals surface area contributed by atoms with Crippen molar-refractivity contribution in [2.75, 3.05) is 65.8 Å². The Balaban J connectivity index is 2.19. The van der Waals surface area contributed by atoms with E-state index in [0.29, 0.717) is 51.5 Å². The number of rotatable bonds is 46. The molecule has 0 unspecified atom stereocenters. The quantitative estimate of drug-likeness (QED) is 0.0341. The van der Waals surface area contributed by atoms with Gasteiger partial charge in [-0.25, -0.2) is 4.79 Å². The van der Waals surface area contributed by atoms with Crippen molar-refractivity contribution in [3.8, 4) is 0 Å². The molecule has 2 rings (SSSR count). The molecule has 1 N–H and O–H groups in total. The van der Waals surface area contributed by atoms with Crippen LogP contribution in [0.5, 0.6) is 0 Å². The number of hydrogen-bond acceptors (Lipinski definition) is 16. The van der Waals surface area contributed by atoms with Gasteiger partial charge in [0.05, 0.1) is 65.1 Å². The summed E-state index contributed by atoms with van der Waals surface area (Å²) in [4.78, 5) is 95.9. The fourth-order valence-electron chi connectivity index (χ4n) is 9.37. The van der Waals surface area contributed by atoms with Gasteiger partial charge in [-0.2, -0.15) is 0 Å². The Hall–Kier alpha value is -3.99. The zero-order valence-corrected chi connectivity index (χ0v) is 47.8. The Kier molecular flexibility index (Phi) is 40.3. The first kappa shape index (κ1) is 68.1. The molecule has 0 saturated carbocycles. The maximum atomic E-state index is 13.8. The average Bonchev–Trinajstić information content (AvgIpc) is 3.79. The van der Waals surface area contributed by atoms with Crippen LogP contribution < -0.4 is 0 Å². The molecule has 0 aromatic heterocycles. The van der Waals surface area contributed by atoms with Gasteiger partial charge in [0, 0.05) is 57.2 Å². The predicted molar refractivity (Wildman–Crippen MR) is 291 cm³/mol. The summed E-state index contributed by atoms with van der Waals surface area (Å²) in [5.41, 5.74) is 0. The maximum absolute atomic E-state index is 13.8. The number of piperidine rings is 1. The maximum Gasteiger partial charge on any atom is 0.410 e. The largest absolute Gasteiger partial charge is 0.465 e. The van der Waals surface area contributed by atoms with E-state index in [2.05, 4.69) is 32.6 Å². The van der Waals surface area contributed by atoms with Crippen molar-refractivity contribution in [3.63, 3.8) is 0 Å². The van der Waals surface area contributed by atoms with E-state index in [1.54, 1.807) is 0 Å². The summed E-state index contributed by atoms with van der Waals surface area (Å²) in [7, 11) is 0. The first-order chi connectivity index (χ1) is 36.9. The third kappa shape index (κ3) is 35.4. The lowest BCUT2D eigenvalue weighted by Crippen LogP contribution is -2.37. The molecule has 17 heteroatoms. The van der Waals surface area contributed by atoms with Gasteiger partial charge in [0.1, 0.15) is 0 Å². The summed E-state index contributed by atoms with van der Waals surface area (Å²) < 4.78 is 40.0. The fourth-order valence-corrected chi connectivity index (χ4v) is 9.37. The molecule has 2 saturated heterocycles. The summed E-state index contributed by atoms with van der Waals surface area (Å²) in [6.45, 7) is 9.91. The van der Waals surface area contributed by atoms with E-state index in [1.807, 2.05) is 0 Å². The number of aliphatic hydroxyl groups is 1. The topological polar surface area (TPSA) is 211 Å². The van der Waals surface area contributed by atoms with Crippen molar-refractivity contribution >= 4 is 41.9 Å². The van der Waals surface area contributed by atoms with Gasteiger partial charge in [0.25, 0.3) is 0 Å². The Morgan fingerprint density at radius 2 is 0.737 bits per heavy atom. The number of ether oxygens (including phenoxy) is 7. The monoisotopic (exact) mass is 1080 g/mol. The lowest BCUT2D eigenvalue weighted by atomic mass is 10.1. The molecule has 2 fully saturated rings. The molecule has 0 bridgehead atoms. The third-order valence-corrected chi connectivity index (χ3v) is 14.2. The van der Waals surface area contributed by atoms with Gasteiger partial charge >= 0.3 is 41.9 Å². The fraction of sp³-hybridized carbons (Fsp3) is 0.881. The number of aliphatic hydroxyl groups excluding tert-OH is 1. The van der Waals surface area contributed by atoms with E-state index in [9.17, 15) is 38.7 Å². The van der Waals surface area contributed by atoms with Crippen LogP contribution in [-0.4, -0.2) is 141 Å². The number of carbonyl (C=O) groups is 7. The lowest BCUT2D eigenvalue weighted by Gasteiger charge is -2.29.